The molecule has 25 heteroatoms. The number of hydrogen-bond donors (Lipinski definition) is 5. The molecular weight excluding hydrogens is 1310 g/mol. The van der Waals surface area contributed by atoms with Crippen molar-refractivity contribution in [2.45, 2.75) is 190 Å². The number of likely N-dealkylation sites (tertiary alicyclic amines) is 1. The van der Waals surface area contributed by atoms with E-state index in [9.17, 15) is 57.8 Å². The largest absolute Gasteiger partial charge is 0.491 e. The number of aliphatic hydroxyl groups excluding tert-OH is 1. The Bertz CT molecular complexity index is 3340. The number of primary amides is 1. The van der Waals surface area contributed by atoms with Crippen LogP contribution in [0, 0.1) is 47.3 Å². The molecule has 562 valence electrons. The zero-order chi connectivity index (χ0) is 75.8. The maximum atomic E-state index is 14.9. The number of ketones is 3. The molecule has 0 radical (unpaired) electrons. The number of nitrogens with one attached hydrogen (secondary N) is 3. The number of likely N-dealkylation sites (N-methyl/N-ethyl adjacent to an activating group) is 2. The molecule has 0 bridgehead atoms. The van der Waals surface area contributed by atoms with Gasteiger partial charge in [-0.1, -0.05) is 118 Å². The van der Waals surface area contributed by atoms with Crippen LogP contribution in [0.2, 0.25) is 0 Å². The molecule has 1 fully saturated rings. The number of methoxy groups -OCH3 is 2. The summed E-state index contributed by atoms with van der Waals surface area (Å²) < 4.78 is 29.2. The van der Waals surface area contributed by atoms with Crippen LogP contribution < -0.4 is 31.3 Å². The molecule has 2 aliphatic heterocycles. The van der Waals surface area contributed by atoms with Gasteiger partial charge in [-0.15, -0.1) is 0 Å². The van der Waals surface area contributed by atoms with E-state index >= 15 is 0 Å². The number of ether oxygens (including phenoxy) is 5. The van der Waals surface area contributed by atoms with Gasteiger partial charge in [-0.25, -0.2) is 14.5 Å². The van der Waals surface area contributed by atoms with Crippen LogP contribution in [0.15, 0.2) is 90.0 Å². The Morgan fingerprint density at radius 3 is 1.92 bits per heavy atom. The molecule has 0 saturated carbocycles. The Kier molecular flexibility index (Phi) is 33.4. The van der Waals surface area contributed by atoms with Crippen LogP contribution >= 0.6 is 0 Å². The molecule has 3 aromatic carbocycles. The van der Waals surface area contributed by atoms with E-state index in [1.807, 2.05) is 71.9 Å². The number of carbonyl (C=O) groups is 11. The van der Waals surface area contributed by atoms with Crippen LogP contribution in [-0.4, -0.2) is 182 Å². The molecule has 3 aromatic rings. The van der Waals surface area contributed by atoms with Gasteiger partial charge < -0.3 is 65.2 Å². The van der Waals surface area contributed by atoms with Crippen molar-refractivity contribution in [1.29, 1.82) is 0 Å². The van der Waals surface area contributed by atoms with Gasteiger partial charge in [0.25, 0.3) is 11.8 Å². The fourth-order valence-electron chi connectivity index (χ4n) is 13.6. The van der Waals surface area contributed by atoms with Gasteiger partial charge in [-0.3, -0.25) is 43.2 Å². The lowest BCUT2D eigenvalue weighted by molar-refractivity contribution is -0.149. The Labute approximate surface area is 602 Å². The summed E-state index contributed by atoms with van der Waals surface area (Å²) in [5.74, 6) is -6.55. The lowest BCUT2D eigenvalue weighted by Crippen LogP contribution is -2.54. The SMILES string of the molecule is CCC(C)[C@@H]([C@@H](CC(=O)N1CCC[C@H]1[C@H](OC)[C@@H](C)C(=O)C[C@H](C)[C@@H](O)c1ccccc1)OC)N(C)C(=O)[C@@H](CC(=O)[C@H](C(C)C)N(C)C(=O)OCc1ccc(NC(=O)[C@H](CCCNC(N)=O)CC(=O)[C@@H](NC(=O)COCCOc2ccc(N3C(=O)C(C)=C(C)C3=O)cc2)C(C)C)cc1)C(C)C. The van der Waals surface area contributed by atoms with Crippen molar-refractivity contribution in [3.8, 4) is 5.75 Å². The number of nitrogens with zero attached hydrogens (tertiary/aromatic N) is 4. The minimum atomic E-state index is -0.976. The molecule has 5 rings (SSSR count). The van der Waals surface area contributed by atoms with Gasteiger partial charge in [-0.2, -0.15) is 0 Å². The quantitative estimate of drug-likeness (QED) is 0.0261. The third-order valence-electron chi connectivity index (χ3n) is 20.0. The molecule has 1 unspecified atom stereocenters. The van der Waals surface area contributed by atoms with Crippen molar-refractivity contribution in [3.05, 3.63) is 101 Å². The highest BCUT2D eigenvalue weighted by Gasteiger charge is 2.44. The van der Waals surface area contributed by atoms with Crippen molar-refractivity contribution in [2.75, 3.05) is 71.4 Å². The van der Waals surface area contributed by atoms with Crippen LogP contribution in [0.1, 0.15) is 158 Å². The number of Topliss-reactive ketones (excluding diaryl/α,β-unsaturated/α-hetero) is 3. The molecule has 2 aliphatic rings. The summed E-state index contributed by atoms with van der Waals surface area (Å²) in [6.45, 7) is 21.8. The summed E-state index contributed by atoms with van der Waals surface area (Å²) in [7, 11) is 6.23. The van der Waals surface area contributed by atoms with Crippen molar-refractivity contribution in [3.63, 3.8) is 0 Å². The highest BCUT2D eigenvalue weighted by molar-refractivity contribution is 6.32. The molecule has 0 spiro atoms. The third-order valence-corrected chi connectivity index (χ3v) is 20.0. The average molecular weight is 1420 g/mol. The number of rotatable bonds is 42. The first-order valence-electron chi connectivity index (χ1n) is 35.7. The molecule has 0 aromatic heterocycles. The number of amides is 9. The first-order valence-corrected chi connectivity index (χ1v) is 35.7. The van der Waals surface area contributed by atoms with Crippen LogP contribution in [-0.2, 0) is 68.7 Å². The maximum Gasteiger partial charge on any atom is 0.410 e. The van der Waals surface area contributed by atoms with Gasteiger partial charge >= 0.3 is 12.1 Å². The Hall–Kier alpha value is -8.39. The highest BCUT2D eigenvalue weighted by atomic mass is 16.6. The van der Waals surface area contributed by atoms with Gasteiger partial charge in [0, 0.05) is 95.3 Å². The summed E-state index contributed by atoms with van der Waals surface area (Å²) in [5, 5.41) is 19.1. The first kappa shape index (κ1) is 84.3. The molecule has 0 aliphatic carbocycles. The molecule has 1 saturated heterocycles. The number of benzene rings is 3. The second-order valence-corrected chi connectivity index (χ2v) is 28.3. The maximum absolute atomic E-state index is 14.9. The number of anilines is 2. The Morgan fingerprint density at radius 1 is 0.716 bits per heavy atom. The molecule has 12 atom stereocenters. The van der Waals surface area contributed by atoms with Crippen LogP contribution in [0.3, 0.4) is 0 Å². The summed E-state index contributed by atoms with van der Waals surface area (Å²) in [6, 6.07) is 18.4. The van der Waals surface area contributed by atoms with E-state index in [0.717, 1.165) is 10.5 Å². The number of hydrogen-bond acceptors (Lipinski definition) is 17. The molecule has 25 nitrogen and oxygen atoms in total. The smallest absolute Gasteiger partial charge is 0.410 e. The summed E-state index contributed by atoms with van der Waals surface area (Å²) in [5.41, 5.74) is 8.11. The van der Waals surface area contributed by atoms with Crippen LogP contribution in [0.25, 0.3) is 0 Å². The minimum absolute atomic E-state index is 0.0145. The number of carbonyl (C=O) groups excluding carboxylic acids is 11. The second kappa shape index (κ2) is 40.5. The van der Waals surface area contributed by atoms with E-state index in [4.69, 9.17) is 29.4 Å². The standard InChI is InChI=1S/C77H112N8O17/c1-17-48(8)69(64(98-15)42-66(90)84-36-22-26-60(84)71(99-16)52(12)61(86)39-49(9)70(91)54-23-19-18-20-24-54)82(13)75(95)59(45(2)3)41-63(88)68(47(6)7)83(14)77(97)102-43-53-27-29-56(30-28-53)80-72(92)55(25-21-35-79-76(78)96)40-62(87)67(46(4)5)81-65(89)44-100-37-38-101-58-33-31-57(32-34-58)85-73(93)50(10)51(11)74(85)94/h18-20,23-24,27-34,45-49,52,55,59-60,64,67-71,91H,17,21-22,25-26,35-44H2,1-16H3,(H,80,92)(H,81,89)(H3,78,79,96)/t48?,49-,52-,55+,59-,60-,64+,67-,68-,69-,70+,71+/m0/s1. The van der Waals surface area contributed by atoms with E-state index < -0.39 is 90.0 Å². The lowest BCUT2D eigenvalue weighted by Gasteiger charge is -2.41. The topological polar surface area (TPSA) is 329 Å². The van der Waals surface area contributed by atoms with E-state index in [2.05, 4.69) is 16.0 Å². The zero-order valence-electron chi connectivity index (χ0n) is 62.6. The second-order valence-electron chi connectivity index (χ2n) is 28.3. The Morgan fingerprint density at radius 2 is 1.35 bits per heavy atom. The van der Waals surface area contributed by atoms with E-state index in [-0.39, 0.29) is 130 Å². The zero-order valence-corrected chi connectivity index (χ0v) is 62.6. The molecule has 9 amide bonds. The van der Waals surface area contributed by atoms with Crippen LogP contribution in [0.5, 0.6) is 5.75 Å². The van der Waals surface area contributed by atoms with Crippen molar-refractivity contribution < 1.29 is 81.5 Å². The lowest BCUT2D eigenvalue weighted by atomic mass is 9.83. The van der Waals surface area contributed by atoms with Gasteiger partial charge in [0.15, 0.2) is 11.6 Å². The fraction of sp³-hybridized carbons (Fsp3) is 0.597. The van der Waals surface area contributed by atoms with Crippen molar-refractivity contribution in [1.82, 2.24) is 25.3 Å². The fourth-order valence-corrected chi connectivity index (χ4v) is 13.6. The highest BCUT2D eigenvalue weighted by Crippen LogP contribution is 2.34. The van der Waals surface area contributed by atoms with Crippen molar-refractivity contribution in [2.24, 2.45) is 53.1 Å². The van der Waals surface area contributed by atoms with Gasteiger partial charge in [-0.05, 0) is 117 Å². The monoisotopic (exact) mass is 1420 g/mol. The average Bonchev–Trinajstić information content (AvgIpc) is 1.59. The van der Waals surface area contributed by atoms with E-state index in [1.54, 1.807) is 114 Å². The van der Waals surface area contributed by atoms with E-state index in [1.165, 1.54) is 19.1 Å². The summed E-state index contributed by atoms with van der Waals surface area (Å²) in [4.78, 5) is 155. The molecule has 2 heterocycles. The predicted octanol–water partition coefficient (Wildman–Crippen LogP) is 9.17. The summed E-state index contributed by atoms with van der Waals surface area (Å²) in [6.07, 6.45) is -0.891. The number of nitrogens with two attached hydrogens (primary N) is 1. The predicted molar refractivity (Wildman–Crippen MR) is 386 cm³/mol. The number of aliphatic hydroxyl groups is 1. The third kappa shape index (κ3) is 23.3. The molecular formula is C77H112N8O17. The Balaban J connectivity index is 1.15. The molecule has 102 heavy (non-hydrogen) atoms. The summed E-state index contributed by atoms with van der Waals surface area (Å²) >= 11 is 0. The van der Waals surface area contributed by atoms with Gasteiger partial charge in [0.1, 0.15) is 31.4 Å². The van der Waals surface area contributed by atoms with E-state index in [0.29, 0.717) is 66.1 Å². The van der Waals surface area contributed by atoms with Crippen molar-refractivity contribution >= 4 is 76.3 Å². The normalized spacial score (nSPS) is 17.2. The van der Waals surface area contributed by atoms with Gasteiger partial charge in [0.05, 0.1) is 61.2 Å². The van der Waals surface area contributed by atoms with Gasteiger partial charge in [0.2, 0.25) is 23.6 Å². The first-order chi connectivity index (χ1) is 48.3. The molecule has 6 N–H and O–H groups in total. The number of imide groups is 1. The minimum Gasteiger partial charge on any atom is -0.491 e. The van der Waals surface area contributed by atoms with Crippen LogP contribution in [0.4, 0.5) is 21.0 Å². The number of urea groups is 1.